The van der Waals surface area contributed by atoms with E-state index in [0.29, 0.717) is 31.4 Å². The van der Waals surface area contributed by atoms with Gasteiger partial charge in [0.25, 0.3) is 0 Å². The highest BCUT2D eigenvalue weighted by atomic mass is 32.2. The van der Waals surface area contributed by atoms with Crippen LogP contribution in [0.1, 0.15) is 31.2 Å². The first-order valence-corrected chi connectivity index (χ1v) is 11.8. The Labute approximate surface area is 184 Å². The number of carbonyl (C=O) groups excluding carboxylic acids is 1. The third kappa shape index (κ3) is 4.15. The van der Waals surface area contributed by atoms with Crippen LogP contribution in [0.4, 0.5) is 23.7 Å². The van der Waals surface area contributed by atoms with Crippen LogP contribution >= 0.6 is 0 Å². The fraction of sp³-hybridized carbons (Fsp3) is 0.409. The lowest BCUT2D eigenvalue weighted by Gasteiger charge is -2.38. The van der Waals surface area contributed by atoms with E-state index in [1.807, 2.05) is 0 Å². The molecule has 32 heavy (non-hydrogen) atoms. The first-order chi connectivity index (χ1) is 15.1. The lowest BCUT2D eigenvalue weighted by molar-refractivity contribution is -0.137. The summed E-state index contributed by atoms with van der Waals surface area (Å²) in [7, 11) is -2.22. The van der Waals surface area contributed by atoms with Gasteiger partial charge in [-0.05, 0) is 62.1 Å². The van der Waals surface area contributed by atoms with Crippen molar-refractivity contribution in [1.82, 2.24) is 4.90 Å². The number of alkyl halides is 3. The fourth-order valence-electron chi connectivity index (χ4n) is 4.68. The molecule has 2 aliphatic heterocycles. The highest BCUT2D eigenvalue weighted by Crippen LogP contribution is 2.41. The maximum absolute atomic E-state index is 13.3. The van der Waals surface area contributed by atoms with E-state index < -0.39 is 32.9 Å². The maximum Gasteiger partial charge on any atom is 0.416 e. The van der Waals surface area contributed by atoms with E-state index in [-0.39, 0.29) is 22.7 Å². The number of para-hydroxylation sites is 1. The number of methoxy groups -OCH3 is 1. The largest absolute Gasteiger partial charge is 0.495 e. The third-order valence-electron chi connectivity index (χ3n) is 6.20. The van der Waals surface area contributed by atoms with Crippen LogP contribution in [-0.4, -0.2) is 43.8 Å². The summed E-state index contributed by atoms with van der Waals surface area (Å²) in [6.07, 6.45) is -2.48. The monoisotopic (exact) mass is 468 g/mol. The number of fused-ring (bicyclic) bond motifs is 2. The number of piperidine rings is 1. The summed E-state index contributed by atoms with van der Waals surface area (Å²) in [6, 6.07) is 9.80. The Hall–Kier alpha value is -2.75. The molecule has 0 radical (unpaired) electrons. The van der Waals surface area contributed by atoms with Crippen LogP contribution in [0.25, 0.3) is 0 Å². The lowest BCUT2D eigenvalue weighted by atomic mass is 10.0. The molecule has 2 bridgehead atoms. The van der Waals surface area contributed by atoms with E-state index >= 15 is 0 Å². The summed E-state index contributed by atoms with van der Waals surface area (Å²) in [5.74, 6) is 0.294. The van der Waals surface area contributed by atoms with E-state index in [4.69, 9.17) is 4.74 Å². The van der Waals surface area contributed by atoms with Gasteiger partial charge >= 0.3 is 12.2 Å². The highest BCUT2D eigenvalue weighted by molar-refractivity contribution is 7.92. The number of hydrogen-bond acceptors (Lipinski definition) is 4. The molecule has 2 aliphatic rings. The van der Waals surface area contributed by atoms with Gasteiger partial charge in [-0.15, -0.1) is 0 Å². The minimum absolute atomic E-state index is 0.148. The molecule has 2 unspecified atom stereocenters. The molecular weight excluding hydrogens is 445 g/mol. The topological polar surface area (TPSA) is 75.7 Å². The molecule has 2 saturated heterocycles. The quantitative estimate of drug-likeness (QED) is 0.705. The first kappa shape index (κ1) is 22.4. The van der Waals surface area contributed by atoms with Crippen LogP contribution in [-0.2, 0) is 16.0 Å². The van der Waals surface area contributed by atoms with Crippen molar-refractivity contribution in [3.05, 3.63) is 54.1 Å². The summed E-state index contributed by atoms with van der Waals surface area (Å²) >= 11 is 0. The van der Waals surface area contributed by atoms with Gasteiger partial charge in [-0.3, -0.25) is 0 Å². The van der Waals surface area contributed by atoms with Crippen molar-refractivity contribution < 1.29 is 31.1 Å². The SMILES string of the molecule is COc1ccccc1S(=O)(=O)C1CC2CCC(C1)N2C(=O)Nc1ccc(C(F)(F)F)cc1. The Morgan fingerprint density at radius 2 is 1.62 bits per heavy atom. The van der Waals surface area contributed by atoms with Gasteiger partial charge in [0.1, 0.15) is 10.6 Å². The minimum Gasteiger partial charge on any atom is -0.495 e. The van der Waals surface area contributed by atoms with Crippen molar-refractivity contribution in [3.8, 4) is 5.75 Å². The number of anilines is 1. The lowest BCUT2D eigenvalue weighted by Crippen LogP contribution is -2.51. The normalized spacial score (nSPS) is 23.1. The second kappa shape index (κ2) is 8.31. The Balaban J connectivity index is 1.48. The predicted octanol–water partition coefficient (Wildman–Crippen LogP) is 4.72. The maximum atomic E-state index is 13.3. The number of amides is 2. The predicted molar refractivity (Wildman–Crippen MR) is 112 cm³/mol. The molecule has 0 spiro atoms. The van der Waals surface area contributed by atoms with Crippen molar-refractivity contribution in [3.63, 3.8) is 0 Å². The molecule has 4 rings (SSSR count). The van der Waals surface area contributed by atoms with E-state index in [1.165, 1.54) is 25.3 Å². The van der Waals surface area contributed by atoms with Crippen LogP contribution in [0.15, 0.2) is 53.4 Å². The summed E-state index contributed by atoms with van der Waals surface area (Å²) in [5.41, 5.74) is -0.538. The first-order valence-electron chi connectivity index (χ1n) is 10.2. The second-order valence-corrected chi connectivity index (χ2v) is 10.3. The van der Waals surface area contributed by atoms with Gasteiger partial charge in [0.15, 0.2) is 9.84 Å². The molecule has 2 amide bonds. The number of nitrogens with one attached hydrogen (secondary N) is 1. The molecule has 0 saturated carbocycles. The van der Waals surface area contributed by atoms with E-state index in [1.54, 1.807) is 23.1 Å². The average molecular weight is 468 g/mol. The molecule has 2 atom stereocenters. The highest BCUT2D eigenvalue weighted by Gasteiger charge is 2.47. The molecular formula is C22H23F3N2O4S. The summed E-state index contributed by atoms with van der Waals surface area (Å²) in [4.78, 5) is 14.7. The van der Waals surface area contributed by atoms with Crippen molar-refractivity contribution in [1.29, 1.82) is 0 Å². The smallest absolute Gasteiger partial charge is 0.416 e. The number of hydrogen-bond donors (Lipinski definition) is 1. The molecule has 0 aromatic heterocycles. The van der Waals surface area contributed by atoms with E-state index in [9.17, 15) is 26.4 Å². The molecule has 2 heterocycles. The number of ether oxygens (including phenoxy) is 1. The number of halogens is 3. The summed E-state index contributed by atoms with van der Waals surface area (Å²) < 4.78 is 70.0. The molecule has 2 aromatic rings. The van der Waals surface area contributed by atoms with Gasteiger partial charge in [-0.25, -0.2) is 13.2 Å². The average Bonchev–Trinajstić information content (AvgIpc) is 3.02. The Morgan fingerprint density at radius 1 is 1.03 bits per heavy atom. The van der Waals surface area contributed by atoms with Crippen LogP contribution < -0.4 is 10.1 Å². The number of nitrogens with zero attached hydrogens (tertiary/aromatic N) is 1. The van der Waals surface area contributed by atoms with Gasteiger partial charge < -0.3 is 15.0 Å². The van der Waals surface area contributed by atoms with Gasteiger partial charge in [0.05, 0.1) is 17.9 Å². The number of carbonyl (C=O) groups is 1. The van der Waals surface area contributed by atoms with Crippen molar-refractivity contribution in [2.75, 3.05) is 12.4 Å². The third-order valence-corrected chi connectivity index (χ3v) is 8.42. The number of benzene rings is 2. The summed E-state index contributed by atoms with van der Waals surface area (Å²) in [6.45, 7) is 0. The fourth-order valence-corrected chi connectivity index (χ4v) is 6.69. The van der Waals surface area contributed by atoms with Crippen molar-refractivity contribution >= 4 is 21.6 Å². The van der Waals surface area contributed by atoms with Crippen molar-refractivity contribution in [2.45, 2.75) is 54.1 Å². The van der Waals surface area contributed by atoms with E-state index in [0.717, 1.165) is 12.1 Å². The van der Waals surface area contributed by atoms with Gasteiger partial charge in [-0.2, -0.15) is 13.2 Å². The zero-order valence-electron chi connectivity index (χ0n) is 17.3. The zero-order valence-corrected chi connectivity index (χ0v) is 18.1. The van der Waals surface area contributed by atoms with Crippen LogP contribution in [0.2, 0.25) is 0 Å². The molecule has 1 N–H and O–H groups in total. The zero-order chi connectivity index (χ0) is 23.1. The Bertz CT molecular complexity index is 1090. The molecule has 2 aromatic carbocycles. The molecule has 2 fully saturated rings. The minimum atomic E-state index is -4.45. The van der Waals surface area contributed by atoms with E-state index in [2.05, 4.69) is 5.32 Å². The van der Waals surface area contributed by atoms with Gasteiger partial charge in [-0.1, -0.05) is 12.1 Å². The second-order valence-electron chi connectivity index (χ2n) is 8.09. The molecule has 172 valence electrons. The van der Waals surface area contributed by atoms with Crippen LogP contribution in [0, 0.1) is 0 Å². The number of urea groups is 1. The Kier molecular flexibility index (Phi) is 5.83. The summed E-state index contributed by atoms with van der Waals surface area (Å²) in [5, 5.41) is 2.01. The molecule has 0 aliphatic carbocycles. The standard InChI is InChI=1S/C22H23F3N2O4S/c1-31-19-4-2-3-5-20(19)32(29,30)18-12-16-10-11-17(13-18)27(16)21(28)26-15-8-6-14(7-9-15)22(23,24)25/h2-9,16-18H,10-13H2,1H3,(H,26,28). The van der Waals surface area contributed by atoms with Gasteiger partial charge in [0, 0.05) is 17.8 Å². The molecule has 6 nitrogen and oxygen atoms in total. The van der Waals surface area contributed by atoms with Crippen LogP contribution in [0.3, 0.4) is 0 Å². The van der Waals surface area contributed by atoms with Gasteiger partial charge in [0.2, 0.25) is 0 Å². The van der Waals surface area contributed by atoms with Crippen LogP contribution in [0.5, 0.6) is 5.75 Å². The number of sulfone groups is 1. The molecule has 10 heteroatoms. The van der Waals surface area contributed by atoms with Crippen molar-refractivity contribution in [2.24, 2.45) is 0 Å². The number of rotatable bonds is 4. The Morgan fingerprint density at radius 3 is 2.19 bits per heavy atom.